The van der Waals surface area contributed by atoms with Gasteiger partial charge in [0.2, 0.25) is 10.0 Å². The molecule has 0 aliphatic carbocycles. The Hall–Kier alpha value is -2.29. The summed E-state index contributed by atoms with van der Waals surface area (Å²) in [6, 6.07) is 12.9. The number of hydrogen-bond donors (Lipinski definition) is 2. The molecule has 2 amide bonds. The van der Waals surface area contributed by atoms with Crippen molar-refractivity contribution >= 4 is 33.3 Å². The Balaban J connectivity index is 1.43. The second-order valence-electron chi connectivity index (χ2n) is 6.68. The smallest absolute Gasteiger partial charge is 0.319 e. The highest BCUT2D eigenvalue weighted by Crippen LogP contribution is 2.22. The number of carbonyl (C=O) groups excluding carboxylic acids is 1. The van der Waals surface area contributed by atoms with Crippen molar-refractivity contribution in [1.29, 1.82) is 0 Å². The number of benzene rings is 2. The van der Waals surface area contributed by atoms with Gasteiger partial charge in [0, 0.05) is 23.8 Å². The predicted molar refractivity (Wildman–Crippen MR) is 113 cm³/mol. The summed E-state index contributed by atoms with van der Waals surface area (Å²) in [6.07, 6.45) is 2.88. The molecule has 1 aliphatic rings. The number of anilines is 1. The molecule has 0 radical (unpaired) electrons. The van der Waals surface area contributed by atoms with Crippen LogP contribution < -0.4 is 15.4 Å². The van der Waals surface area contributed by atoms with Crippen molar-refractivity contribution in [2.24, 2.45) is 0 Å². The molecule has 1 aliphatic heterocycles. The van der Waals surface area contributed by atoms with Gasteiger partial charge in [-0.05, 0) is 55.3 Å². The van der Waals surface area contributed by atoms with Crippen LogP contribution in [0.3, 0.4) is 0 Å². The van der Waals surface area contributed by atoms with Gasteiger partial charge in [-0.3, -0.25) is 0 Å². The summed E-state index contributed by atoms with van der Waals surface area (Å²) in [5.74, 6) is 0.541. The van der Waals surface area contributed by atoms with Crippen LogP contribution in [0.15, 0.2) is 53.4 Å². The molecule has 1 heterocycles. The molecular formula is C20H24ClN3O4S. The highest BCUT2D eigenvalue weighted by atomic mass is 35.5. The number of sulfonamides is 1. The number of halogens is 1. The number of piperidine rings is 1. The molecule has 0 atom stereocenters. The number of ether oxygens (including phenoxy) is 1. The van der Waals surface area contributed by atoms with Gasteiger partial charge >= 0.3 is 6.03 Å². The van der Waals surface area contributed by atoms with Crippen LogP contribution in [-0.2, 0) is 10.0 Å². The predicted octanol–water partition coefficient (Wildman–Crippen LogP) is 3.72. The Kier molecular flexibility index (Phi) is 7.35. The zero-order chi connectivity index (χ0) is 20.7. The van der Waals surface area contributed by atoms with Crippen LogP contribution in [-0.4, -0.2) is 45.0 Å². The summed E-state index contributed by atoms with van der Waals surface area (Å²) >= 11 is 5.87. The summed E-state index contributed by atoms with van der Waals surface area (Å²) in [4.78, 5) is 12.1. The average Bonchev–Trinajstić information content (AvgIpc) is 2.72. The average molecular weight is 438 g/mol. The lowest BCUT2D eigenvalue weighted by Crippen LogP contribution is -2.35. The first-order chi connectivity index (χ1) is 13.9. The minimum atomic E-state index is -3.44. The third-order valence-corrected chi connectivity index (χ3v) is 6.66. The van der Waals surface area contributed by atoms with E-state index in [4.69, 9.17) is 16.3 Å². The summed E-state index contributed by atoms with van der Waals surface area (Å²) in [7, 11) is -3.44. The Labute approximate surface area is 176 Å². The maximum absolute atomic E-state index is 12.6. The molecule has 156 valence electrons. The van der Waals surface area contributed by atoms with E-state index < -0.39 is 10.0 Å². The van der Waals surface area contributed by atoms with Gasteiger partial charge in [0.15, 0.2) is 0 Å². The Morgan fingerprint density at radius 3 is 2.48 bits per heavy atom. The van der Waals surface area contributed by atoms with Crippen LogP contribution in [0.2, 0.25) is 5.02 Å². The third kappa shape index (κ3) is 6.09. The molecule has 0 unspecified atom stereocenters. The molecular weight excluding hydrogens is 414 g/mol. The fourth-order valence-corrected chi connectivity index (χ4v) is 4.74. The van der Waals surface area contributed by atoms with E-state index in [0.29, 0.717) is 36.1 Å². The topological polar surface area (TPSA) is 87.7 Å². The lowest BCUT2D eigenvalue weighted by atomic mass is 10.2. The molecule has 29 heavy (non-hydrogen) atoms. The van der Waals surface area contributed by atoms with Crippen LogP contribution in [0.1, 0.15) is 19.3 Å². The van der Waals surface area contributed by atoms with Crippen molar-refractivity contribution in [3.05, 3.63) is 53.6 Å². The van der Waals surface area contributed by atoms with Crippen LogP contribution in [0.25, 0.3) is 0 Å². The SMILES string of the molecule is O=C(NCCOc1ccc(S(=O)(=O)N2CCCCC2)cc1)Nc1cccc(Cl)c1. The molecule has 2 aromatic carbocycles. The lowest BCUT2D eigenvalue weighted by Gasteiger charge is -2.25. The first-order valence-corrected chi connectivity index (χ1v) is 11.3. The minimum Gasteiger partial charge on any atom is -0.492 e. The van der Waals surface area contributed by atoms with Crippen molar-refractivity contribution in [2.45, 2.75) is 24.2 Å². The molecule has 0 saturated carbocycles. The number of nitrogens with one attached hydrogen (secondary N) is 2. The Bertz CT molecular complexity index is 929. The van der Waals surface area contributed by atoms with Gasteiger partial charge in [-0.15, -0.1) is 0 Å². The maximum atomic E-state index is 12.6. The van der Waals surface area contributed by atoms with Gasteiger partial charge in [0.05, 0.1) is 11.4 Å². The maximum Gasteiger partial charge on any atom is 0.319 e. The van der Waals surface area contributed by atoms with Crippen molar-refractivity contribution in [2.75, 3.05) is 31.6 Å². The zero-order valence-electron chi connectivity index (χ0n) is 15.9. The first-order valence-electron chi connectivity index (χ1n) is 9.48. The van der Waals surface area contributed by atoms with E-state index in [2.05, 4.69) is 10.6 Å². The molecule has 0 aromatic heterocycles. The standard InChI is InChI=1S/C20H24ClN3O4S/c21-16-5-4-6-17(15-16)23-20(25)22-11-14-28-18-7-9-19(10-8-18)29(26,27)24-12-2-1-3-13-24/h4-10,15H,1-3,11-14H2,(H2,22,23,25). The van der Waals surface area contributed by atoms with Crippen LogP contribution in [0, 0.1) is 0 Å². The van der Waals surface area contributed by atoms with Gasteiger partial charge in [0.25, 0.3) is 0 Å². The molecule has 7 nitrogen and oxygen atoms in total. The number of amides is 2. The second kappa shape index (κ2) is 9.96. The monoisotopic (exact) mass is 437 g/mol. The van der Waals surface area contributed by atoms with Crippen LogP contribution in [0.5, 0.6) is 5.75 Å². The van der Waals surface area contributed by atoms with E-state index in [1.807, 2.05) is 0 Å². The van der Waals surface area contributed by atoms with Crippen molar-refractivity contribution in [3.63, 3.8) is 0 Å². The van der Waals surface area contributed by atoms with E-state index in [9.17, 15) is 13.2 Å². The number of rotatable bonds is 7. The Morgan fingerprint density at radius 2 is 1.79 bits per heavy atom. The molecule has 1 saturated heterocycles. The van der Waals surface area contributed by atoms with E-state index in [1.165, 1.54) is 4.31 Å². The first kappa shape index (κ1) is 21.4. The summed E-state index contributed by atoms with van der Waals surface area (Å²) in [5.41, 5.74) is 0.599. The van der Waals surface area contributed by atoms with Crippen molar-refractivity contribution < 1.29 is 17.9 Å². The zero-order valence-corrected chi connectivity index (χ0v) is 17.5. The highest BCUT2D eigenvalue weighted by Gasteiger charge is 2.25. The molecule has 3 rings (SSSR count). The fourth-order valence-electron chi connectivity index (χ4n) is 3.04. The van der Waals surface area contributed by atoms with Crippen LogP contribution in [0.4, 0.5) is 10.5 Å². The number of urea groups is 1. The van der Waals surface area contributed by atoms with E-state index in [-0.39, 0.29) is 17.5 Å². The third-order valence-electron chi connectivity index (χ3n) is 4.52. The normalized spacial score (nSPS) is 14.9. The van der Waals surface area contributed by atoms with Gasteiger partial charge in [-0.1, -0.05) is 24.1 Å². The summed E-state index contributed by atoms with van der Waals surface area (Å²) < 4.78 is 32.4. The molecule has 2 N–H and O–H groups in total. The summed E-state index contributed by atoms with van der Waals surface area (Å²) in [5, 5.41) is 5.89. The van der Waals surface area contributed by atoms with E-state index in [1.54, 1.807) is 48.5 Å². The highest BCUT2D eigenvalue weighted by molar-refractivity contribution is 7.89. The lowest BCUT2D eigenvalue weighted by molar-refractivity contribution is 0.247. The van der Waals surface area contributed by atoms with Gasteiger partial charge < -0.3 is 15.4 Å². The second-order valence-corrected chi connectivity index (χ2v) is 9.05. The van der Waals surface area contributed by atoms with Gasteiger partial charge in [-0.2, -0.15) is 4.31 Å². The molecule has 2 aromatic rings. The van der Waals surface area contributed by atoms with Crippen molar-refractivity contribution in [3.8, 4) is 5.75 Å². The number of carbonyl (C=O) groups is 1. The molecule has 0 bridgehead atoms. The van der Waals surface area contributed by atoms with E-state index in [0.717, 1.165) is 19.3 Å². The Morgan fingerprint density at radius 1 is 1.07 bits per heavy atom. The quantitative estimate of drug-likeness (QED) is 0.646. The molecule has 9 heteroatoms. The van der Waals surface area contributed by atoms with Gasteiger partial charge in [0.1, 0.15) is 12.4 Å². The number of nitrogens with zero attached hydrogens (tertiary/aromatic N) is 1. The number of hydrogen-bond acceptors (Lipinski definition) is 4. The van der Waals surface area contributed by atoms with Gasteiger partial charge in [-0.25, -0.2) is 13.2 Å². The van der Waals surface area contributed by atoms with Crippen LogP contribution >= 0.6 is 11.6 Å². The largest absolute Gasteiger partial charge is 0.492 e. The molecule has 1 fully saturated rings. The fraction of sp³-hybridized carbons (Fsp3) is 0.350. The summed E-state index contributed by atoms with van der Waals surface area (Å²) in [6.45, 7) is 1.69. The molecule has 0 spiro atoms. The van der Waals surface area contributed by atoms with E-state index >= 15 is 0 Å². The minimum absolute atomic E-state index is 0.251. The van der Waals surface area contributed by atoms with Crippen molar-refractivity contribution in [1.82, 2.24) is 9.62 Å².